The maximum absolute atomic E-state index is 12.1. The Morgan fingerprint density at radius 1 is 1.56 bits per heavy atom. The highest BCUT2D eigenvalue weighted by molar-refractivity contribution is 5.85. The minimum Gasteiger partial charge on any atom is -0.350 e. The van der Waals surface area contributed by atoms with Crippen LogP contribution in [0.15, 0.2) is 18.5 Å². The molecule has 18 heavy (non-hydrogen) atoms. The number of carbonyl (C=O) groups excluding carboxylic acids is 1. The highest BCUT2D eigenvalue weighted by Gasteiger charge is 2.35. The number of rotatable bonds is 6. The smallest absolute Gasteiger partial charge is 0.240 e. The Bertz CT molecular complexity index is 415. The second-order valence-corrected chi connectivity index (χ2v) is 4.50. The third-order valence-corrected chi connectivity index (χ3v) is 3.25. The lowest BCUT2D eigenvalue weighted by Crippen LogP contribution is -2.45. The van der Waals surface area contributed by atoms with Crippen LogP contribution in [0.1, 0.15) is 33.6 Å². The molecule has 0 saturated heterocycles. The molecule has 1 N–H and O–H groups in total. The summed E-state index contributed by atoms with van der Waals surface area (Å²) in [7, 11) is 0. The Balaban J connectivity index is 2.61. The molecule has 1 amide bonds. The molecule has 0 aliphatic carbocycles. The predicted molar refractivity (Wildman–Crippen MR) is 68.5 cm³/mol. The van der Waals surface area contributed by atoms with Crippen LogP contribution in [0.2, 0.25) is 0 Å². The fraction of sp³-hybridized carbons (Fsp3) is 0.615. The molecule has 1 aromatic rings. The maximum atomic E-state index is 12.1. The minimum absolute atomic E-state index is 0.0526. The first kappa shape index (κ1) is 14.2. The largest absolute Gasteiger partial charge is 0.350 e. The normalized spacial score (nSPS) is 12.8. The van der Waals surface area contributed by atoms with Crippen LogP contribution in [-0.4, -0.2) is 21.7 Å². The first-order chi connectivity index (χ1) is 8.57. The SMILES string of the molecule is CCC(C#N)(CC)C(=O)NC(C)Cn1cccn1. The Hall–Kier alpha value is -1.83. The van der Waals surface area contributed by atoms with E-state index in [9.17, 15) is 10.1 Å². The molecule has 1 rings (SSSR count). The van der Waals surface area contributed by atoms with Gasteiger partial charge in [0.05, 0.1) is 12.6 Å². The third kappa shape index (κ3) is 3.10. The van der Waals surface area contributed by atoms with E-state index in [2.05, 4.69) is 16.5 Å². The summed E-state index contributed by atoms with van der Waals surface area (Å²) in [5.41, 5.74) is -0.904. The highest BCUT2D eigenvalue weighted by Crippen LogP contribution is 2.25. The zero-order valence-electron chi connectivity index (χ0n) is 11.2. The topological polar surface area (TPSA) is 70.7 Å². The van der Waals surface area contributed by atoms with Gasteiger partial charge < -0.3 is 5.32 Å². The average Bonchev–Trinajstić information content (AvgIpc) is 2.84. The summed E-state index contributed by atoms with van der Waals surface area (Å²) in [5, 5.41) is 16.2. The molecule has 0 aromatic carbocycles. The van der Waals surface area contributed by atoms with Gasteiger partial charge in [0.1, 0.15) is 5.41 Å². The number of amides is 1. The second-order valence-electron chi connectivity index (χ2n) is 4.50. The van der Waals surface area contributed by atoms with E-state index in [-0.39, 0.29) is 11.9 Å². The van der Waals surface area contributed by atoms with E-state index >= 15 is 0 Å². The van der Waals surface area contributed by atoms with Gasteiger partial charge in [-0.15, -0.1) is 0 Å². The summed E-state index contributed by atoms with van der Waals surface area (Å²) < 4.78 is 1.76. The molecule has 5 nitrogen and oxygen atoms in total. The van der Waals surface area contributed by atoms with Gasteiger partial charge in [0.2, 0.25) is 5.91 Å². The predicted octanol–water partition coefficient (Wildman–Crippen LogP) is 1.72. The molecule has 98 valence electrons. The standard InChI is InChI=1S/C13H20N4O/c1-4-13(5-2,10-14)12(18)16-11(3)9-17-8-6-7-15-17/h6-8,11H,4-5,9H2,1-3H3,(H,16,18). The second kappa shape index (κ2) is 6.20. The lowest BCUT2D eigenvalue weighted by Gasteiger charge is -2.24. The number of nitriles is 1. The first-order valence-corrected chi connectivity index (χ1v) is 6.27. The van der Waals surface area contributed by atoms with E-state index in [1.807, 2.05) is 33.0 Å². The van der Waals surface area contributed by atoms with Crippen molar-refractivity contribution in [1.82, 2.24) is 15.1 Å². The van der Waals surface area contributed by atoms with Crippen molar-refractivity contribution in [2.75, 3.05) is 0 Å². The van der Waals surface area contributed by atoms with Crippen LogP contribution in [-0.2, 0) is 11.3 Å². The van der Waals surface area contributed by atoms with Gasteiger partial charge in [-0.1, -0.05) is 13.8 Å². The minimum atomic E-state index is -0.904. The number of hydrogen-bond acceptors (Lipinski definition) is 3. The molecule has 0 bridgehead atoms. The average molecular weight is 248 g/mol. The fourth-order valence-electron chi connectivity index (χ4n) is 1.88. The third-order valence-electron chi connectivity index (χ3n) is 3.25. The lowest BCUT2D eigenvalue weighted by atomic mass is 9.83. The van der Waals surface area contributed by atoms with Gasteiger partial charge in [0.15, 0.2) is 0 Å². The van der Waals surface area contributed by atoms with Gasteiger partial charge in [-0.2, -0.15) is 10.4 Å². The van der Waals surface area contributed by atoms with Crippen molar-refractivity contribution in [3.8, 4) is 6.07 Å². The Morgan fingerprint density at radius 3 is 2.67 bits per heavy atom. The summed E-state index contributed by atoms with van der Waals surface area (Å²) in [6, 6.07) is 3.93. The summed E-state index contributed by atoms with van der Waals surface area (Å²) in [5.74, 6) is -0.186. The molecule has 0 fully saturated rings. The van der Waals surface area contributed by atoms with E-state index in [1.54, 1.807) is 10.9 Å². The number of nitrogens with one attached hydrogen (secondary N) is 1. The van der Waals surface area contributed by atoms with Gasteiger partial charge in [-0.05, 0) is 25.8 Å². The van der Waals surface area contributed by atoms with E-state index in [0.29, 0.717) is 19.4 Å². The van der Waals surface area contributed by atoms with Crippen molar-refractivity contribution in [3.05, 3.63) is 18.5 Å². The first-order valence-electron chi connectivity index (χ1n) is 6.27. The molecule has 0 saturated carbocycles. The van der Waals surface area contributed by atoms with E-state index < -0.39 is 5.41 Å². The van der Waals surface area contributed by atoms with Gasteiger partial charge in [-0.25, -0.2) is 0 Å². The fourth-order valence-corrected chi connectivity index (χ4v) is 1.88. The molecule has 1 unspecified atom stereocenters. The molecule has 1 aromatic heterocycles. The van der Waals surface area contributed by atoms with Crippen LogP contribution in [0, 0.1) is 16.7 Å². The maximum Gasteiger partial charge on any atom is 0.240 e. The van der Waals surface area contributed by atoms with Crippen molar-refractivity contribution >= 4 is 5.91 Å². The van der Waals surface area contributed by atoms with Crippen molar-refractivity contribution < 1.29 is 4.79 Å². The molecule has 0 aliphatic heterocycles. The Labute approximate surface area is 108 Å². The monoisotopic (exact) mass is 248 g/mol. The van der Waals surface area contributed by atoms with Crippen LogP contribution >= 0.6 is 0 Å². The van der Waals surface area contributed by atoms with Gasteiger partial charge in [0, 0.05) is 18.4 Å². The summed E-state index contributed by atoms with van der Waals surface area (Å²) in [6.45, 7) is 6.25. The Kier molecular flexibility index (Phi) is 4.90. The van der Waals surface area contributed by atoms with Crippen LogP contribution in [0.25, 0.3) is 0 Å². The highest BCUT2D eigenvalue weighted by atomic mass is 16.2. The molecule has 5 heteroatoms. The van der Waals surface area contributed by atoms with Crippen LogP contribution < -0.4 is 5.32 Å². The van der Waals surface area contributed by atoms with E-state index in [4.69, 9.17) is 0 Å². The molecule has 0 aliphatic rings. The zero-order chi connectivity index (χ0) is 13.6. The molecule has 1 atom stereocenters. The zero-order valence-corrected chi connectivity index (χ0v) is 11.2. The van der Waals surface area contributed by atoms with E-state index in [0.717, 1.165) is 0 Å². The molecule has 1 heterocycles. The van der Waals surface area contributed by atoms with Crippen molar-refractivity contribution in [2.24, 2.45) is 5.41 Å². The summed E-state index contributed by atoms with van der Waals surface area (Å²) in [4.78, 5) is 12.1. The quantitative estimate of drug-likeness (QED) is 0.833. The summed E-state index contributed by atoms with van der Waals surface area (Å²) >= 11 is 0. The molecule has 0 spiro atoms. The van der Waals surface area contributed by atoms with Crippen molar-refractivity contribution in [3.63, 3.8) is 0 Å². The van der Waals surface area contributed by atoms with Crippen LogP contribution in [0.5, 0.6) is 0 Å². The van der Waals surface area contributed by atoms with E-state index in [1.165, 1.54) is 0 Å². The van der Waals surface area contributed by atoms with Gasteiger partial charge in [0.25, 0.3) is 0 Å². The van der Waals surface area contributed by atoms with Gasteiger partial charge in [-0.3, -0.25) is 9.48 Å². The lowest BCUT2D eigenvalue weighted by molar-refractivity contribution is -0.129. The number of nitrogens with zero attached hydrogens (tertiary/aromatic N) is 3. The number of carbonyl (C=O) groups is 1. The van der Waals surface area contributed by atoms with Gasteiger partial charge >= 0.3 is 0 Å². The van der Waals surface area contributed by atoms with Crippen LogP contribution in [0.3, 0.4) is 0 Å². The molecule has 0 radical (unpaired) electrons. The van der Waals surface area contributed by atoms with Crippen molar-refractivity contribution in [2.45, 2.75) is 46.2 Å². The molecular formula is C13H20N4O. The summed E-state index contributed by atoms with van der Waals surface area (Å²) in [6.07, 6.45) is 4.60. The molecular weight excluding hydrogens is 228 g/mol. The van der Waals surface area contributed by atoms with Crippen LogP contribution in [0.4, 0.5) is 0 Å². The Morgan fingerprint density at radius 2 is 2.22 bits per heavy atom. The van der Waals surface area contributed by atoms with Crippen molar-refractivity contribution in [1.29, 1.82) is 5.26 Å². The number of aromatic nitrogens is 2. The number of hydrogen-bond donors (Lipinski definition) is 1.